The van der Waals surface area contributed by atoms with Crippen molar-refractivity contribution in [2.45, 2.75) is 13.3 Å². The molecule has 0 unspecified atom stereocenters. The fourth-order valence-electron chi connectivity index (χ4n) is 2.74. The molecule has 2 aromatic heterocycles. The van der Waals surface area contributed by atoms with E-state index in [2.05, 4.69) is 25.7 Å². The first-order valence-electron chi connectivity index (χ1n) is 8.98. The molecule has 1 aromatic carbocycles. The first-order valence-corrected chi connectivity index (χ1v) is 9.74. The maximum atomic E-state index is 14.7. The van der Waals surface area contributed by atoms with E-state index in [0.29, 0.717) is 33.3 Å². The monoisotopic (exact) mass is 452 g/mol. The summed E-state index contributed by atoms with van der Waals surface area (Å²) >= 11 is 12.5. The number of aryl methyl sites for hydroxylation is 1. The van der Waals surface area contributed by atoms with E-state index >= 15 is 0 Å². The average molecular weight is 453 g/mol. The Hall–Kier alpha value is -2.82. The molecule has 2 heterocycles. The van der Waals surface area contributed by atoms with Crippen LogP contribution in [0.3, 0.4) is 0 Å². The lowest BCUT2D eigenvalue weighted by Gasteiger charge is -2.15. The molecule has 3 N–H and O–H groups in total. The zero-order chi connectivity index (χ0) is 21.8. The quantitative estimate of drug-likeness (QED) is 0.337. The molecule has 0 aliphatic rings. The number of pyridine rings is 1. The van der Waals surface area contributed by atoms with E-state index in [0.717, 1.165) is 5.01 Å². The molecule has 30 heavy (non-hydrogen) atoms. The Kier molecular flexibility index (Phi) is 6.80. The molecular formula is C18H19Cl2FN8O. The summed E-state index contributed by atoms with van der Waals surface area (Å²) in [7, 11) is 1.62. The normalized spacial score (nSPS) is 10.9. The number of halogens is 3. The third-order valence-corrected chi connectivity index (χ3v) is 4.77. The van der Waals surface area contributed by atoms with Crippen molar-refractivity contribution in [1.82, 2.24) is 35.5 Å². The summed E-state index contributed by atoms with van der Waals surface area (Å²) in [6.45, 7) is 2.29. The van der Waals surface area contributed by atoms with Crippen LogP contribution in [0.1, 0.15) is 12.6 Å². The predicted molar refractivity (Wildman–Crippen MR) is 111 cm³/mol. The van der Waals surface area contributed by atoms with Crippen LogP contribution in [-0.4, -0.2) is 49.3 Å². The van der Waals surface area contributed by atoms with Crippen molar-refractivity contribution in [3.63, 3.8) is 0 Å². The van der Waals surface area contributed by atoms with E-state index in [-0.39, 0.29) is 24.5 Å². The van der Waals surface area contributed by atoms with Gasteiger partial charge in [0.05, 0.1) is 17.8 Å². The zero-order valence-corrected chi connectivity index (χ0v) is 17.7. The summed E-state index contributed by atoms with van der Waals surface area (Å²) < 4.78 is 14.7. The molecule has 0 bridgehead atoms. The van der Waals surface area contributed by atoms with Gasteiger partial charge in [-0.3, -0.25) is 9.99 Å². The van der Waals surface area contributed by atoms with Gasteiger partial charge in [-0.2, -0.15) is 4.80 Å². The molecule has 0 radical (unpaired) electrons. The first kappa shape index (κ1) is 21.9. The van der Waals surface area contributed by atoms with E-state index in [1.807, 2.05) is 0 Å². The van der Waals surface area contributed by atoms with Gasteiger partial charge in [0.1, 0.15) is 5.82 Å². The topological polar surface area (TPSA) is 115 Å². The fraction of sp³-hybridized carbons (Fsp3) is 0.278. The smallest absolute Gasteiger partial charge is 0.331 e. The molecular weight excluding hydrogens is 434 g/mol. The molecule has 3 rings (SSSR count). The molecule has 0 spiro atoms. The highest BCUT2D eigenvalue weighted by Crippen LogP contribution is 2.38. The van der Waals surface area contributed by atoms with Gasteiger partial charge in [0.25, 0.3) is 0 Å². The third kappa shape index (κ3) is 4.84. The molecule has 0 saturated carbocycles. The van der Waals surface area contributed by atoms with Gasteiger partial charge in [-0.15, -0.1) is 10.2 Å². The molecule has 0 aliphatic heterocycles. The molecule has 0 saturated heterocycles. The molecule has 12 heteroatoms. The van der Waals surface area contributed by atoms with Gasteiger partial charge >= 0.3 is 6.03 Å². The number of hydrogen-bond acceptors (Lipinski definition) is 6. The number of amides is 2. The summed E-state index contributed by atoms with van der Waals surface area (Å²) in [6.07, 6.45) is 1.70. The van der Waals surface area contributed by atoms with Crippen LogP contribution < -0.4 is 11.2 Å². The number of nitrogens with one attached hydrogen (secondary N) is 1. The summed E-state index contributed by atoms with van der Waals surface area (Å²) in [4.78, 5) is 17.1. The SMILES string of the molecule is CCN(N)C(=O)NCCc1ncc(-c2cc(Cl)cc(Cl)c2-c2nnn(C)n2)cc1F. The second kappa shape index (κ2) is 9.33. The van der Waals surface area contributed by atoms with Crippen LogP contribution in [0.25, 0.3) is 22.5 Å². The zero-order valence-electron chi connectivity index (χ0n) is 16.2. The Labute approximate surface area is 181 Å². The third-order valence-electron chi connectivity index (χ3n) is 4.25. The van der Waals surface area contributed by atoms with Crippen molar-refractivity contribution in [2.24, 2.45) is 12.9 Å². The van der Waals surface area contributed by atoms with Crippen LogP contribution in [0.2, 0.25) is 10.0 Å². The number of nitrogens with two attached hydrogens (primary N) is 1. The summed E-state index contributed by atoms with van der Waals surface area (Å²) in [6, 6.07) is 4.07. The fourth-order valence-corrected chi connectivity index (χ4v) is 3.32. The van der Waals surface area contributed by atoms with Gasteiger partial charge in [-0.1, -0.05) is 23.2 Å². The second-order valence-electron chi connectivity index (χ2n) is 6.33. The van der Waals surface area contributed by atoms with Gasteiger partial charge < -0.3 is 5.32 Å². The summed E-state index contributed by atoms with van der Waals surface area (Å²) in [5.41, 5.74) is 1.64. The minimum absolute atomic E-state index is 0.188. The Bertz CT molecular complexity index is 1070. The standard InChI is InChI=1S/C18H19Cl2FN8O/c1-3-29(22)18(30)23-5-4-15-14(21)6-10(9-24-15)12-7-11(19)8-13(20)16(12)17-25-27-28(2)26-17/h6-9H,3-5,22H2,1-2H3,(H,23,30). The lowest BCUT2D eigenvalue weighted by atomic mass is 10.00. The van der Waals surface area contributed by atoms with Gasteiger partial charge in [-0.25, -0.2) is 15.0 Å². The predicted octanol–water partition coefficient (Wildman–Crippen LogP) is 2.83. The average Bonchev–Trinajstić information content (AvgIpc) is 3.13. The number of aromatic nitrogens is 5. The highest BCUT2D eigenvalue weighted by Gasteiger charge is 2.19. The largest absolute Gasteiger partial charge is 0.336 e. The molecule has 0 fully saturated rings. The second-order valence-corrected chi connectivity index (χ2v) is 7.18. The van der Waals surface area contributed by atoms with E-state index in [1.54, 1.807) is 26.1 Å². The lowest BCUT2D eigenvalue weighted by Crippen LogP contribution is -2.44. The Morgan fingerprint density at radius 3 is 2.73 bits per heavy atom. The molecule has 158 valence electrons. The number of rotatable bonds is 6. The van der Waals surface area contributed by atoms with Crippen LogP contribution in [0, 0.1) is 5.82 Å². The molecule has 9 nitrogen and oxygen atoms in total. The van der Waals surface area contributed by atoms with E-state index in [9.17, 15) is 9.18 Å². The summed E-state index contributed by atoms with van der Waals surface area (Å²) in [5, 5.41) is 16.3. The van der Waals surface area contributed by atoms with Crippen molar-refractivity contribution in [2.75, 3.05) is 13.1 Å². The van der Waals surface area contributed by atoms with Crippen molar-refractivity contribution >= 4 is 29.2 Å². The van der Waals surface area contributed by atoms with Crippen LogP contribution in [0.4, 0.5) is 9.18 Å². The van der Waals surface area contributed by atoms with Gasteiger partial charge in [-0.05, 0) is 35.9 Å². The molecule has 2 amide bonds. The highest BCUT2D eigenvalue weighted by atomic mass is 35.5. The molecule has 0 atom stereocenters. The molecule has 3 aromatic rings. The minimum Gasteiger partial charge on any atom is -0.336 e. The number of hydrazine groups is 1. The van der Waals surface area contributed by atoms with Gasteiger partial charge in [0, 0.05) is 41.9 Å². The number of nitrogens with zero attached hydrogens (tertiary/aromatic N) is 6. The van der Waals surface area contributed by atoms with Crippen LogP contribution >= 0.6 is 23.2 Å². The number of urea groups is 1. The van der Waals surface area contributed by atoms with Crippen molar-refractivity contribution in [3.8, 4) is 22.5 Å². The lowest BCUT2D eigenvalue weighted by molar-refractivity contribution is 0.202. The highest BCUT2D eigenvalue weighted by molar-refractivity contribution is 6.37. The van der Waals surface area contributed by atoms with E-state index < -0.39 is 11.8 Å². The number of tetrazole rings is 1. The number of carbonyl (C=O) groups is 1. The maximum Gasteiger partial charge on any atom is 0.331 e. The van der Waals surface area contributed by atoms with Crippen LogP contribution in [0.5, 0.6) is 0 Å². The molecule has 0 aliphatic carbocycles. The Morgan fingerprint density at radius 1 is 1.33 bits per heavy atom. The Morgan fingerprint density at radius 2 is 2.10 bits per heavy atom. The number of carbonyl (C=O) groups excluding carboxylic acids is 1. The van der Waals surface area contributed by atoms with Crippen molar-refractivity contribution < 1.29 is 9.18 Å². The van der Waals surface area contributed by atoms with Crippen LogP contribution in [-0.2, 0) is 13.5 Å². The van der Waals surface area contributed by atoms with E-state index in [1.165, 1.54) is 17.1 Å². The van der Waals surface area contributed by atoms with Crippen molar-refractivity contribution in [1.29, 1.82) is 0 Å². The van der Waals surface area contributed by atoms with Gasteiger partial charge in [0.2, 0.25) is 5.82 Å². The summed E-state index contributed by atoms with van der Waals surface area (Å²) in [5.74, 6) is 5.24. The number of benzene rings is 1. The first-order chi connectivity index (χ1) is 14.3. The van der Waals surface area contributed by atoms with Crippen LogP contribution in [0.15, 0.2) is 24.4 Å². The number of hydrogen-bond donors (Lipinski definition) is 2. The minimum atomic E-state index is -0.531. The Balaban J connectivity index is 1.87. The van der Waals surface area contributed by atoms with Gasteiger partial charge in [0.15, 0.2) is 0 Å². The van der Waals surface area contributed by atoms with E-state index in [4.69, 9.17) is 29.0 Å². The maximum absolute atomic E-state index is 14.7. The van der Waals surface area contributed by atoms with Crippen molar-refractivity contribution in [3.05, 3.63) is 46.0 Å².